The second kappa shape index (κ2) is 7.05. The molecule has 0 bridgehead atoms. The van der Waals surface area contributed by atoms with E-state index in [-0.39, 0.29) is 5.91 Å². The number of amides is 1. The number of rotatable bonds is 5. The Morgan fingerprint density at radius 2 is 1.83 bits per heavy atom. The number of benzene rings is 2. The van der Waals surface area contributed by atoms with E-state index >= 15 is 0 Å². The van der Waals surface area contributed by atoms with E-state index in [9.17, 15) is 4.79 Å². The molecule has 1 aliphatic rings. The highest BCUT2D eigenvalue weighted by Crippen LogP contribution is 2.37. The summed E-state index contributed by atoms with van der Waals surface area (Å²) in [7, 11) is 1.64. The van der Waals surface area contributed by atoms with Crippen LogP contribution in [0.25, 0.3) is 0 Å². The Bertz CT molecular complexity index is 692. The summed E-state index contributed by atoms with van der Waals surface area (Å²) in [5, 5.41) is 0. The first kappa shape index (κ1) is 16.5. The monoisotopic (exact) mass is 324 g/mol. The summed E-state index contributed by atoms with van der Waals surface area (Å²) >= 11 is 0. The fourth-order valence-electron chi connectivity index (χ4n) is 3.53. The van der Waals surface area contributed by atoms with Crippen molar-refractivity contribution in [3.05, 3.63) is 65.7 Å². The molecule has 0 spiro atoms. The first-order chi connectivity index (χ1) is 11.6. The average molecular weight is 324 g/mol. The van der Waals surface area contributed by atoms with Gasteiger partial charge < -0.3 is 10.5 Å². The second-order valence-electron chi connectivity index (χ2n) is 6.44. The number of methoxy groups -OCH3 is 1. The molecule has 126 valence electrons. The normalized spacial score (nSPS) is 17.4. The Hall–Kier alpha value is -2.33. The zero-order valence-corrected chi connectivity index (χ0v) is 14.1. The van der Waals surface area contributed by atoms with Gasteiger partial charge in [0.25, 0.3) is 0 Å². The molecular formula is C20H24N2O2. The second-order valence-corrected chi connectivity index (χ2v) is 6.44. The first-order valence-corrected chi connectivity index (χ1v) is 8.35. The van der Waals surface area contributed by atoms with Crippen LogP contribution >= 0.6 is 0 Å². The highest BCUT2D eigenvalue weighted by atomic mass is 16.5. The highest BCUT2D eigenvalue weighted by molar-refractivity contribution is 5.87. The Morgan fingerprint density at radius 1 is 1.12 bits per heavy atom. The molecule has 4 nitrogen and oxygen atoms in total. The van der Waals surface area contributed by atoms with Crippen molar-refractivity contribution in [1.29, 1.82) is 0 Å². The van der Waals surface area contributed by atoms with Crippen molar-refractivity contribution >= 4 is 5.91 Å². The fraction of sp³-hybridized carbons (Fsp3) is 0.350. The van der Waals surface area contributed by atoms with Crippen molar-refractivity contribution < 1.29 is 9.53 Å². The van der Waals surface area contributed by atoms with E-state index in [2.05, 4.69) is 29.2 Å². The zero-order valence-electron chi connectivity index (χ0n) is 14.1. The molecule has 2 aromatic carbocycles. The fourth-order valence-corrected chi connectivity index (χ4v) is 3.53. The zero-order chi connectivity index (χ0) is 17.0. The van der Waals surface area contributed by atoms with Gasteiger partial charge in [-0.25, -0.2) is 0 Å². The Balaban J connectivity index is 1.76. The van der Waals surface area contributed by atoms with Crippen LogP contribution in [-0.4, -0.2) is 31.0 Å². The van der Waals surface area contributed by atoms with Gasteiger partial charge in [0.2, 0.25) is 5.91 Å². The third kappa shape index (κ3) is 3.29. The lowest BCUT2D eigenvalue weighted by Gasteiger charge is -2.40. The molecule has 0 atom stereocenters. The number of carbonyl (C=O) groups is 1. The summed E-state index contributed by atoms with van der Waals surface area (Å²) in [4.78, 5) is 14.7. The molecule has 2 N–H and O–H groups in total. The van der Waals surface area contributed by atoms with Gasteiger partial charge in [0, 0.05) is 6.54 Å². The Kier molecular flexibility index (Phi) is 4.86. The van der Waals surface area contributed by atoms with E-state index < -0.39 is 5.41 Å². The first-order valence-electron chi connectivity index (χ1n) is 8.35. The molecule has 24 heavy (non-hydrogen) atoms. The van der Waals surface area contributed by atoms with Gasteiger partial charge in [0.15, 0.2) is 0 Å². The number of piperidine rings is 1. The SMILES string of the molecule is COc1cccc(C2(C(N)=O)CCN(Cc3ccccc3)CC2)c1. The lowest BCUT2D eigenvalue weighted by atomic mass is 9.72. The number of ether oxygens (including phenoxy) is 1. The minimum absolute atomic E-state index is 0.241. The maximum Gasteiger partial charge on any atom is 0.228 e. The van der Waals surface area contributed by atoms with Crippen LogP contribution in [0.15, 0.2) is 54.6 Å². The average Bonchev–Trinajstić information content (AvgIpc) is 2.63. The minimum atomic E-state index is -0.596. The van der Waals surface area contributed by atoms with Crippen LogP contribution in [-0.2, 0) is 16.8 Å². The smallest absolute Gasteiger partial charge is 0.228 e. The molecule has 4 heteroatoms. The molecule has 0 aliphatic carbocycles. The van der Waals surface area contributed by atoms with Gasteiger partial charge in [-0.3, -0.25) is 9.69 Å². The van der Waals surface area contributed by atoms with E-state index in [4.69, 9.17) is 10.5 Å². The number of likely N-dealkylation sites (tertiary alicyclic amines) is 1. The molecule has 0 unspecified atom stereocenters. The summed E-state index contributed by atoms with van der Waals surface area (Å²) < 4.78 is 5.31. The van der Waals surface area contributed by atoms with Gasteiger partial charge in [0.05, 0.1) is 12.5 Å². The third-order valence-corrected chi connectivity index (χ3v) is 5.05. The Labute approximate surface area is 143 Å². The maximum atomic E-state index is 12.3. The van der Waals surface area contributed by atoms with Crippen LogP contribution in [0.1, 0.15) is 24.0 Å². The molecule has 1 aliphatic heterocycles. The van der Waals surface area contributed by atoms with Crippen molar-refractivity contribution in [2.24, 2.45) is 5.73 Å². The van der Waals surface area contributed by atoms with Crippen LogP contribution in [0.5, 0.6) is 5.75 Å². The van der Waals surface area contributed by atoms with Crippen LogP contribution in [0.3, 0.4) is 0 Å². The van der Waals surface area contributed by atoms with Gasteiger partial charge in [-0.2, -0.15) is 0 Å². The van der Waals surface area contributed by atoms with E-state index in [1.165, 1.54) is 5.56 Å². The number of hydrogen-bond acceptors (Lipinski definition) is 3. The third-order valence-electron chi connectivity index (χ3n) is 5.05. The van der Waals surface area contributed by atoms with Crippen molar-refractivity contribution in [3.8, 4) is 5.75 Å². The number of nitrogens with two attached hydrogens (primary N) is 1. The van der Waals surface area contributed by atoms with Gasteiger partial charge >= 0.3 is 0 Å². The van der Waals surface area contributed by atoms with Crippen LogP contribution in [0.4, 0.5) is 0 Å². The molecule has 1 amide bonds. The lowest BCUT2D eigenvalue weighted by molar-refractivity contribution is -0.125. The largest absolute Gasteiger partial charge is 0.497 e. The summed E-state index contributed by atoms with van der Waals surface area (Å²) in [6.07, 6.45) is 1.48. The van der Waals surface area contributed by atoms with Crippen LogP contribution in [0, 0.1) is 0 Å². The number of carbonyl (C=O) groups excluding carboxylic acids is 1. The van der Waals surface area contributed by atoms with Crippen LogP contribution < -0.4 is 10.5 Å². The Morgan fingerprint density at radius 3 is 2.46 bits per heavy atom. The molecule has 2 aromatic rings. The van der Waals surface area contributed by atoms with Crippen LogP contribution in [0.2, 0.25) is 0 Å². The molecule has 0 saturated carbocycles. The quantitative estimate of drug-likeness (QED) is 0.920. The predicted octanol–water partition coefficient (Wildman–Crippen LogP) is 2.71. The van der Waals surface area contributed by atoms with E-state index in [0.717, 1.165) is 43.8 Å². The predicted molar refractivity (Wildman–Crippen MR) is 94.8 cm³/mol. The topological polar surface area (TPSA) is 55.6 Å². The van der Waals surface area contributed by atoms with E-state index in [0.29, 0.717) is 0 Å². The van der Waals surface area contributed by atoms with Gasteiger partial charge in [-0.1, -0.05) is 42.5 Å². The van der Waals surface area contributed by atoms with Crippen molar-refractivity contribution in [3.63, 3.8) is 0 Å². The van der Waals surface area contributed by atoms with Gasteiger partial charge in [0.1, 0.15) is 5.75 Å². The van der Waals surface area contributed by atoms with Gasteiger partial charge in [-0.05, 0) is 49.2 Å². The molecule has 1 heterocycles. The van der Waals surface area contributed by atoms with Gasteiger partial charge in [-0.15, -0.1) is 0 Å². The highest BCUT2D eigenvalue weighted by Gasteiger charge is 2.41. The summed E-state index contributed by atoms with van der Waals surface area (Å²) in [6, 6.07) is 18.2. The standard InChI is InChI=1S/C20H24N2O2/c1-24-18-9-5-8-17(14-18)20(19(21)23)10-12-22(13-11-20)15-16-6-3-2-4-7-16/h2-9,14H,10-13,15H2,1H3,(H2,21,23). The summed E-state index contributed by atoms with van der Waals surface area (Å²) in [5.74, 6) is 0.523. The molecule has 0 radical (unpaired) electrons. The number of nitrogens with zero attached hydrogens (tertiary/aromatic N) is 1. The van der Waals surface area contributed by atoms with Crippen molar-refractivity contribution in [2.75, 3.05) is 20.2 Å². The lowest BCUT2D eigenvalue weighted by Crippen LogP contribution is -2.49. The minimum Gasteiger partial charge on any atom is -0.497 e. The van der Waals surface area contributed by atoms with E-state index in [1.807, 2.05) is 30.3 Å². The summed E-state index contributed by atoms with van der Waals surface area (Å²) in [6.45, 7) is 2.62. The van der Waals surface area contributed by atoms with Crippen molar-refractivity contribution in [1.82, 2.24) is 4.90 Å². The molecule has 1 saturated heterocycles. The molecular weight excluding hydrogens is 300 g/mol. The number of primary amides is 1. The molecule has 3 rings (SSSR count). The number of hydrogen-bond donors (Lipinski definition) is 1. The van der Waals surface area contributed by atoms with E-state index in [1.54, 1.807) is 7.11 Å². The molecule has 1 fully saturated rings. The summed E-state index contributed by atoms with van der Waals surface area (Å²) in [5.41, 5.74) is 7.49. The molecule has 0 aromatic heterocycles. The maximum absolute atomic E-state index is 12.3. The van der Waals surface area contributed by atoms with Crippen molar-refractivity contribution in [2.45, 2.75) is 24.8 Å².